The van der Waals surface area contributed by atoms with E-state index in [9.17, 15) is 13.2 Å². The molecule has 6 nitrogen and oxygen atoms in total. The maximum Gasteiger partial charge on any atom is 0.337 e. The van der Waals surface area contributed by atoms with Gasteiger partial charge < -0.3 is 9.64 Å². The molecule has 0 radical (unpaired) electrons. The molecule has 0 fully saturated rings. The van der Waals surface area contributed by atoms with E-state index in [0.717, 1.165) is 19.5 Å². The van der Waals surface area contributed by atoms with Gasteiger partial charge in [0, 0.05) is 25.3 Å². The lowest BCUT2D eigenvalue weighted by Crippen LogP contribution is -2.29. The molecule has 138 valence electrons. The van der Waals surface area contributed by atoms with Crippen LogP contribution in [0, 0.1) is 0 Å². The lowest BCUT2D eigenvalue weighted by atomic mass is 10.2. The Hall–Kier alpha value is -2.38. The van der Waals surface area contributed by atoms with Crippen molar-refractivity contribution >= 4 is 21.7 Å². The zero-order valence-electron chi connectivity index (χ0n) is 14.6. The van der Waals surface area contributed by atoms with Crippen LogP contribution >= 0.6 is 0 Å². The third-order valence-corrected chi connectivity index (χ3v) is 5.94. The first-order valence-corrected chi connectivity index (χ1v) is 10.0. The number of ether oxygens (including phenoxy) is 1. The Bertz CT molecular complexity index is 879. The Morgan fingerprint density at radius 1 is 1.15 bits per heavy atom. The summed E-state index contributed by atoms with van der Waals surface area (Å²) >= 11 is 0. The number of rotatable bonds is 7. The molecule has 0 unspecified atom stereocenters. The van der Waals surface area contributed by atoms with Gasteiger partial charge in [-0.3, -0.25) is 0 Å². The van der Waals surface area contributed by atoms with Crippen LogP contribution in [0.2, 0.25) is 0 Å². The van der Waals surface area contributed by atoms with Crippen LogP contribution in [0.1, 0.15) is 22.3 Å². The highest BCUT2D eigenvalue weighted by atomic mass is 32.2. The fourth-order valence-corrected chi connectivity index (χ4v) is 4.16. The summed E-state index contributed by atoms with van der Waals surface area (Å²) in [7, 11) is -2.30. The molecule has 0 atom stereocenters. The van der Waals surface area contributed by atoms with Crippen LogP contribution in [0.15, 0.2) is 53.4 Å². The number of sulfonamides is 1. The van der Waals surface area contributed by atoms with Gasteiger partial charge in [0.05, 0.1) is 17.6 Å². The van der Waals surface area contributed by atoms with E-state index in [1.54, 1.807) is 0 Å². The van der Waals surface area contributed by atoms with Crippen molar-refractivity contribution in [3.8, 4) is 0 Å². The van der Waals surface area contributed by atoms with Crippen LogP contribution in [0.3, 0.4) is 0 Å². The van der Waals surface area contributed by atoms with Crippen LogP contribution in [0.5, 0.6) is 0 Å². The number of carbonyl (C=O) groups is 1. The number of fused-ring (bicyclic) bond motifs is 1. The number of nitrogens with zero attached hydrogens (tertiary/aromatic N) is 1. The summed E-state index contributed by atoms with van der Waals surface area (Å²) in [5.41, 5.74) is 2.91. The number of anilines is 1. The molecule has 1 heterocycles. The Labute approximate surface area is 153 Å². The molecule has 0 saturated carbocycles. The molecule has 0 aliphatic carbocycles. The highest BCUT2D eigenvalue weighted by molar-refractivity contribution is 7.89. The van der Waals surface area contributed by atoms with Crippen LogP contribution in [-0.2, 0) is 21.2 Å². The zero-order chi connectivity index (χ0) is 18.6. The van der Waals surface area contributed by atoms with E-state index >= 15 is 0 Å². The van der Waals surface area contributed by atoms with Gasteiger partial charge in [-0.2, -0.15) is 0 Å². The van der Waals surface area contributed by atoms with Crippen molar-refractivity contribution in [2.45, 2.75) is 17.7 Å². The van der Waals surface area contributed by atoms with Gasteiger partial charge in [-0.15, -0.1) is 0 Å². The van der Waals surface area contributed by atoms with Gasteiger partial charge in [-0.05, 0) is 48.7 Å². The summed E-state index contributed by atoms with van der Waals surface area (Å²) in [5, 5.41) is 0. The van der Waals surface area contributed by atoms with E-state index in [-0.39, 0.29) is 4.90 Å². The van der Waals surface area contributed by atoms with Crippen molar-refractivity contribution in [2.24, 2.45) is 0 Å². The maximum absolute atomic E-state index is 12.3. The van der Waals surface area contributed by atoms with Crippen molar-refractivity contribution in [2.75, 3.05) is 31.6 Å². The molecule has 3 rings (SSSR count). The van der Waals surface area contributed by atoms with Crippen molar-refractivity contribution in [3.05, 3.63) is 59.7 Å². The molecule has 1 N–H and O–H groups in total. The largest absolute Gasteiger partial charge is 0.465 e. The monoisotopic (exact) mass is 374 g/mol. The van der Waals surface area contributed by atoms with Gasteiger partial charge >= 0.3 is 5.97 Å². The second kappa shape index (κ2) is 7.88. The predicted octanol–water partition coefficient (Wildman–Crippen LogP) is 2.20. The number of hydrogen-bond donors (Lipinski definition) is 1. The maximum atomic E-state index is 12.3. The molecule has 0 aromatic heterocycles. The van der Waals surface area contributed by atoms with E-state index in [0.29, 0.717) is 18.5 Å². The second-order valence-electron chi connectivity index (χ2n) is 6.13. The van der Waals surface area contributed by atoms with Crippen molar-refractivity contribution < 1.29 is 17.9 Å². The standard InChI is InChI=1S/C19H22N2O4S/c1-25-19(22)16-7-9-17(10-8-16)26(23,24)20-12-4-13-21-14-11-15-5-2-3-6-18(15)21/h2-3,5-10,20H,4,11-14H2,1H3. The average Bonchev–Trinajstić information content (AvgIpc) is 3.08. The topological polar surface area (TPSA) is 75.7 Å². The van der Waals surface area contributed by atoms with Gasteiger partial charge in [0.2, 0.25) is 10.0 Å². The fraction of sp³-hybridized carbons (Fsp3) is 0.316. The highest BCUT2D eigenvalue weighted by Crippen LogP contribution is 2.27. The molecule has 0 amide bonds. The van der Waals surface area contributed by atoms with E-state index in [4.69, 9.17) is 0 Å². The van der Waals surface area contributed by atoms with Crippen molar-refractivity contribution in [3.63, 3.8) is 0 Å². The average molecular weight is 374 g/mol. The molecule has 0 saturated heterocycles. The summed E-state index contributed by atoms with van der Waals surface area (Å²) < 4.78 is 31.9. The third kappa shape index (κ3) is 4.05. The minimum atomic E-state index is -3.59. The molecule has 2 aromatic rings. The number of benzene rings is 2. The Morgan fingerprint density at radius 3 is 2.62 bits per heavy atom. The van der Waals surface area contributed by atoms with Crippen LogP contribution in [0.25, 0.3) is 0 Å². The number of esters is 1. The minimum absolute atomic E-state index is 0.136. The van der Waals surface area contributed by atoms with Crippen LogP contribution in [0.4, 0.5) is 5.69 Å². The third-order valence-electron chi connectivity index (χ3n) is 4.47. The smallest absolute Gasteiger partial charge is 0.337 e. The van der Waals surface area contributed by atoms with Gasteiger partial charge in [0.1, 0.15) is 0 Å². The first kappa shape index (κ1) is 18.4. The molecular weight excluding hydrogens is 352 g/mol. The lowest BCUT2D eigenvalue weighted by Gasteiger charge is -2.19. The number of hydrogen-bond acceptors (Lipinski definition) is 5. The summed E-state index contributed by atoms with van der Waals surface area (Å²) in [6, 6.07) is 14.0. The molecule has 7 heteroatoms. The fourth-order valence-electron chi connectivity index (χ4n) is 3.09. The summed E-state index contributed by atoms with van der Waals surface area (Å²) in [4.78, 5) is 13.8. The summed E-state index contributed by atoms with van der Waals surface area (Å²) in [5.74, 6) is -0.493. The highest BCUT2D eigenvalue weighted by Gasteiger charge is 2.18. The lowest BCUT2D eigenvalue weighted by molar-refractivity contribution is 0.0600. The first-order valence-electron chi connectivity index (χ1n) is 8.52. The quantitative estimate of drug-likeness (QED) is 0.594. The SMILES string of the molecule is COC(=O)c1ccc(S(=O)(=O)NCCCN2CCc3ccccc32)cc1. The molecule has 0 bridgehead atoms. The van der Waals surface area contributed by atoms with E-state index < -0.39 is 16.0 Å². The molecule has 2 aromatic carbocycles. The molecule has 0 spiro atoms. The van der Waals surface area contributed by atoms with Crippen molar-refractivity contribution in [1.29, 1.82) is 0 Å². The number of para-hydroxylation sites is 1. The minimum Gasteiger partial charge on any atom is -0.465 e. The van der Waals surface area contributed by atoms with E-state index in [1.807, 2.05) is 12.1 Å². The van der Waals surface area contributed by atoms with Crippen molar-refractivity contribution in [1.82, 2.24) is 4.72 Å². The number of nitrogens with one attached hydrogen (secondary N) is 1. The Morgan fingerprint density at radius 2 is 1.88 bits per heavy atom. The molecular formula is C19H22N2O4S. The van der Waals surface area contributed by atoms with Crippen LogP contribution in [-0.4, -0.2) is 41.1 Å². The summed E-state index contributed by atoms with van der Waals surface area (Å²) in [6.45, 7) is 2.14. The van der Waals surface area contributed by atoms with Crippen LogP contribution < -0.4 is 9.62 Å². The second-order valence-corrected chi connectivity index (χ2v) is 7.90. The molecule has 26 heavy (non-hydrogen) atoms. The predicted molar refractivity (Wildman–Crippen MR) is 99.9 cm³/mol. The normalized spacial score (nSPS) is 13.5. The Balaban J connectivity index is 1.52. The molecule has 1 aliphatic heterocycles. The van der Waals surface area contributed by atoms with E-state index in [1.165, 1.54) is 42.6 Å². The van der Waals surface area contributed by atoms with Gasteiger partial charge in [-0.25, -0.2) is 17.9 Å². The zero-order valence-corrected chi connectivity index (χ0v) is 15.5. The van der Waals surface area contributed by atoms with Gasteiger partial charge in [0.25, 0.3) is 0 Å². The first-order chi connectivity index (χ1) is 12.5. The summed E-state index contributed by atoms with van der Waals surface area (Å²) in [6.07, 6.45) is 1.75. The van der Waals surface area contributed by atoms with E-state index in [2.05, 4.69) is 26.5 Å². The van der Waals surface area contributed by atoms with Gasteiger partial charge in [0.15, 0.2) is 0 Å². The number of carbonyl (C=O) groups excluding carboxylic acids is 1. The number of methoxy groups -OCH3 is 1. The Kier molecular flexibility index (Phi) is 5.58. The van der Waals surface area contributed by atoms with Gasteiger partial charge in [-0.1, -0.05) is 18.2 Å². The molecule has 1 aliphatic rings.